The number of aromatic hydroxyl groups is 1. The van der Waals surface area contributed by atoms with E-state index in [0.717, 1.165) is 53.3 Å². The number of hydrogen-bond acceptors (Lipinski definition) is 5. The van der Waals surface area contributed by atoms with Crippen LogP contribution in [0.15, 0.2) is 82.3 Å². The number of esters is 1. The monoisotopic (exact) mass is 460 g/mol. The van der Waals surface area contributed by atoms with Crippen molar-refractivity contribution in [2.75, 3.05) is 0 Å². The molecule has 0 spiro atoms. The van der Waals surface area contributed by atoms with Gasteiger partial charge in [0.25, 0.3) is 0 Å². The van der Waals surface area contributed by atoms with Crippen LogP contribution in [-0.2, 0) is 16.0 Å². The molecule has 4 nitrogen and oxygen atoms in total. The summed E-state index contributed by atoms with van der Waals surface area (Å²) < 4.78 is 6.24. The van der Waals surface area contributed by atoms with Gasteiger partial charge in [-0.2, -0.15) is 0 Å². The highest BCUT2D eigenvalue weighted by atomic mass is 32.2. The molecule has 2 N–H and O–H groups in total. The molecule has 0 bridgehead atoms. The van der Waals surface area contributed by atoms with E-state index in [-0.39, 0.29) is 17.4 Å². The Morgan fingerprint density at radius 3 is 2.42 bits per heavy atom. The molecule has 1 aliphatic heterocycles. The van der Waals surface area contributed by atoms with Crippen molar-refractivity contribution in [3.05, 3.63) is 83.0 Å². The van der Waals surface area contributed by atoms with Crippen molar-refractivity contribution in [2.24, 2.45) is 5.92 Å². The van der Waals surface area contributed by atoms with Crippen LogP contribution in [0.25, 0.3) is 10.8 Å². The summed E-state index contributed by atoms with van der Waals surface area (Å²) in [6.07, 6.45) is 6.03. The van der Waals surface area contributed by atoms with Gasteiger partial charge in [0, 0.05) is 11.3 Å². The van der Waals surface area contributed by atoms with Gasteiger partial charge in [-0.3, -0.25) is 0 Å². The van der Waals surface area contributed by atoms with Crippen LogP contribution in [0.1, 0.15) is 44.1 Å². The van der Waals surface area contributed by atoms with Crippen molar-refractivity contribution in [2.45, 2.75) is 55.4 Å². The Morgan fingerprint density at radius 1 is 0.939 bits per heavy atom. The first-order valence-electron chi connectivity index (χ1n) is 11.6. The first kappa shape index (κ1) is 21.9. The summed E-state index contributed by atoms with van der Waals surface area (Å²) >= 11 is 1.30. The number of fused-ring (bicyclic) bond motifs is 1. The second-order valence-electron chi connectivity index (χ2n) is 9.13. The van der Waals surface area contributed by atoms with Crippen LogP contribution in [0.4, 0.5) is 0 Å². The molecule has 1 saturated carbocycles. The van der Waals surface area contributed by atoms with Crippen LogP contribution in [0.2, 0.25) is 0 Å². The van der Waals surface area contributed by atoms with Gasteiger partial charge >= 0.3 is 5.97 Å². The molecule has 1 atom stereocenters. The highest BCUT2D eigenvalue weighted by Crippen LogP contribution is 2.48. The number of cyclic esters (lactones) is 1. The Balaban J connectivity index is 1.43. The Labute approximate surface area is 198 Å². The zero-order valence-corrected chi connectivity index (χ0v) is 19.3. The van der Waals surface area contributed by atoms with E-state index in [2.05, 4.69) is 0 Å². The van der Waals surface area contributed by atoms with Gasteiger partial charge in [0.1, 0.15) is 22.0 Å². The normalized spacial score (nSPS) is 21.5. The van der Waals surface area contributed by atoms with E-state index in [1.54, 1.807) is 12.1 Å². The number of benzene rings is 3. The number of rotatable bonds is 6. The third-order valence-electron chi connectivity index (χ3n) is 7.04. The Hall–Kier alpha value is -2.92. The van der Waals surface area contributed by atoms with E-state index in [4.69, 9.17) is 4.74 Å². The van der Waals surface area contributed by atoms with E-state index in [0.29, 0.717) is 17.7 Å². The summed E-state index contributed by atoms with van der Waals surface area (Å²) in [6.45, 7) is 0. The van der Waals surface area contributed by atoms with Crippen LogP contribution in [0, 0.1) is 5.92 Å². The van der Waals surface area contributed by atoms with Crippen molar-refractivity contribution < 1.29 is 19.7 Å². The number of hydrogen-bond donors (Lipinski definition) is 2. The fourth-order valence-electron chi connectivity index (χ4n) is 5.29. The minimum Gasteiger partial charge on any atom is -0.511 e. The highest BCUT2D eigenvalue weighted by Gasteiger charge is 2.48. The molecule has 33 heavy (non-hydrogen) atoms. The maximum absolute atomic E-state index is 13.3. The van der Waals surface area contributed by atoms with Crippen molar-refractivity contribution in [1.82, 2.24) is 0 Å². The first-order chi connectivity index (χ1) is 16.0. The smallest absolute Gasteiger partial charge is 0.349 e. The molecule has 170 valence electrons. The van der Waals surface area contributed by atoms with Crippen LogP contribution in [-0.4, -0.2) is 21.8 Å². The second-order valence-corrected chi connectivity index (χ2v) is 10.2. The molecule has 1 aliphatic carbocycles. The Kier molecular flexibility index (Phi) is 6.07. The summed E-state index contributed by atoms with van der Waals surface area (Å²) in [7, 11) is 0. The number of thioether (sulfide) groups is 1. The zero-order valence-electron chi connectivity index (χ0n) is 18.5. The molecular formula is C28H28O4S. The van der Waals surface area contributed by atoms with Crippen molar-refractivity contribution in [3.8, 4) is 5.75 Å². The van der Waals surface area contributed by atoms with Crippen LogP contribution >= 0.6 is 11.8 Å². The first-order valence-corrected chi connectivity index (χ1v) is 12.4. The highest BCUT2D eigenvalue weighted by molar-refractivity contribution is 8.04. The van der Waals surface area contributed by atoms with E-state index in [1.807, 2.05) is 54.6 Å². The number of carbonyl (C=O) groups excluding carboxylic acids is 1. The number of aliphatic hydroxyl groups excluding tert-OH is 1. The summed E-state index contributed by atoms with van der Waals surface area (Å²) in [5, 5.41) is 22.9. The van der Waals surface area contributed by atoms with E-state index < -0.39 is 11.6 Å². The maximum atomic E-state index is 13.3. The predicted molar refractivity (Wildman–Crippen MR) is 131 cm³/mol. The largest absolute Gasteiger partial charge is 0.511 e. The Morgan fingerprint density at radius 2 is 1.67 bits per heavy atom. The molecule has 3 aromatic rings. The number of phenols is 1. The molecule has 0 saturated heterocycles. The number of phenolic OH excluding ortho intramolecular Hbond substituents is 1. The van der Waals surface area contributed by atoms with Gasteiger partial charge in [0.05, 0.1) is 0 Å². The minimum atomic E-state index is -0.682. The fourth-order valence-corrected chi connectivity index (χ4v) is 6.26. The number of carbonyl (C=O) groups is 1. The SMILES string of the molecule is O=C1OC(CCc2ccc(O)cc2)(C2CCCC2)CC(O)=C1Sc1cccc2ccccc12. The lowest BCUT2D eigenvalue weighted by Crippen LogP contribution is -2.45. The molecule has 5 rings (SSSR count). The summed E-state index contributed by atoms with van der Waals surface area (Å²) in [4.78, 5) is 14.5. The lowest BCUT2D eigenvalue weighted by Gasteiger charge is -2.41. The van der Waals surface area contributed by atoms with Crippen molar-refractivity contribution >= 4 is 28.5 Å². The molecule has 0 radical (unpaired) electrons. The van der Waals surface area contributed by atoms with E-state index >= 15 is 0 Å². The van der Waals surface area contributed by atoms with Crippen molar-refractivity contribution in [1.29, 1.82) is 0 Å². The zero-order chi connectivity index (χ0) is 22.8. The van der Waals surface area contributed by atoms with Gasteiger partial charge in [0.15, 0.2) is 0 Å². The molecule has 3 aromatic carbocycles. The molecule has 0 amide bonds. The minimum absolute atomic E-state index is 0.141. The molecule has 1 heterocycles. The summed E-state index contributed by atoms with van der Waals surface area (Å²) in [5.41, 5.74) is 0.402. The number of aryl methyl sites for hydroxylation is 1. The second kappa shape index (κ2) is 9.14. The lowest BCUT2D eigenvalue weighted by atomic mass is 9.77. The van der Waals surface area contributed by atoms with Gasteiger partial charge in [-0.1, -0.05) is 73.1 Å². The third-order valence-corrected chi connectivity index (χ3v) is 8.23. The Bertz CT molecular complexity index is 1190. The van der Waals surface area contributed by atoms with Gasteiger partial charge < -0.3 is 14.9 Å². The van der Waals surface area contributed by atoms with E-state index in [1.165, 1.54) is 11.8 Å². The van der Waals surface area contributed by atoms with E-state index in [9.17, 15) is 15.0 Å². The molecule has 0 aromatic heterocycles. The third kappa shape index (κ3) is 4.47. The van der Waals surface area contributed by atoms with Crippen molar-refractivity contribution in [3.63, 3.8) is 0 Å². The lowest BCUT2D eigenvalue weighted by molar-refractivity contribution is -0.166. The van der Waals surface area contributed by atoms with Crippen LogP contribution in [0.5, 0.6) is 5.75 Å². The molecule has 1 fully saturated rings. The van der Waals surface area contributed by atoms with Crippen LogP contribution < -0.4 is 0 Å². The molecule has 2 aliphatic rings. The number of ether oxygens (including phenoxy) is 1. The summed E-state index contributed by atoms with van der Waals surface area (Å²) in [6, 6.07) is 21.2. The van der Waals surface area contributed by atoms with Gasteiger partial charge in [0.2, 0.25) is 0 Å². The standard InChI is InChI=1S/C28H28O4S/c29-22-14-12-19(13-15-22)16-17-28(21-8-2-3-9-21)18-24(30)26(27(31)32-28)33-25-11-5-7-20-6-1-4-10-23(20)25/h1,4-7,10-15,21,29-30H,2-3,8-9,16-18H2. The molecular weight excluding hydrogens is 432 g/mol. The molecule has 1 unspecified atom stereocenters. The maximum Gasteiger partial charge on any atom is 0.349 e. The van der Waals surface area contributed by atoms with Gasteiger partial charge in [-0.05, 0) is 66.1 Å². The van der Waals surface area contributed by atoms with Gasteiger partial charge in [-0.25, -0.2) is 4.79 Å². The number of aliphatic hydroxyl groups is 1. The quantitative estimate of drug-likeness (QED) is 0.391. The average Bonchev–Trinajstić information content (AvgIpc) is 3.37. The van der Waals surface area contributed by atoms with Crippen LogP contribution in [0.3, 0.4) is 0 Å². The predicted octanol–water partition coefficient (Wildman–Crippen LogP) is 6.92. The topological polar surface area (TPSA) is 66.8 Å². The van der Waals surface area contributed by atoms with Gasteiger partial charge in [-0.15, -0.1) is 0 Å². The summed E-state index contributed by atoms with van der Waals surface area (Å²) in [5.74, 6) is 0.213. The molecule has 5 heteroatoms. The fraction of sp³-hybridized carbons (Fsp3) is 0.321. The average molecular weight is 461 g/mol.